The highest BCUT2D eigenvalue weighted by atomic mass is 16.5. The summed E-state index contributed by atoms with van der Waals surface area (Å²) in [6.45, 7) is -0.0980. The Hall–Kier alpha value is -3.60. The molecule has 0 aliphatic heterocycles. The molecule has 0 radical (unpaired) electrons. The maximum absolute atomic E-state index is 12.0. The second kappa shape index (κ2) is 7.11. The summed E-state index contributed by atoms with van der Waals surface area (Å²) in [6.07, 6.45) is 3.47. The summed E-state index contributed by atoms with van der Waals surface area (Å²) in [5, 5.41) is 7.12. The van der Waals surface area contributed by atoms with E-state index >= 15 is 0 Å². The first kappa shape index (κ1) is 15.9. The number of nitrogens with zero attached hydrogens (tertiary/aromatic N) is 1. The summed E-state index contributed by atoms with van der Waals surface area (Å²) in [5.74, 6) is 0.368. The first-order valence-electron chi connectivity index (χ1n) is 8.30. The molecule has 0 aliphatic rings. The van der Waals surface area contributed by atoms with Gasteiger partial charge in [-0.15, -0.1) is 0 Å². The third kappa shape index (κ3) is 3.28. The van der Waals surface area contributed by atoms with Crippen LogP contribution in [0.25, 0.3) is 21.7 Å². The zero-order valence-corrected chi connectivity index (χ0v) is 14.0. The number of benzene rings is 3. The van der Waals surface area contributed by atoms with Crippen LogP contribution in [-0.2, 0) is 4.79 Å². The standard InChI is InChI=1S/C21H17N3O2/c25-21(14-26-20-11-5-7-15-6-1-2-9-18(15)20)24-23-13-16-12-22-19-10-4-3-8-17(16)19/h1-13,22H,14H2,(H,24,25)/b23-13+. The smallest absolute Gasteiger partial charge is 0.277 e. The van der Waals surface area contributed by atoms with Crippen LogP contribution >= 0.6 is 0 Å². The van der Waals surface area contributed by atoms with Gasteiger partial charge in [-0.25, -0.2) is 5.43 Å². The normalized spacial score (nSPS) is 11.2. The average Bonchev–Trinajstić information content (AvgIpc) is 3.09. The first-order valence-corrected chi connectivity index (χ1v) is 8.30. The SMILES string of the molecule is O=C(COc1cccc2ccccc12)N/N=C/c1c[nH]c2ccccc12. The number of para-hydroxylation sites is 1. The van der Waals surface area contributed by atoms with E-state index in [-0.39, 0.29) is 12.5 Å². The molecule has 2 N–H and O–H groups in total. The van der Waals surface area contributed by atoms with Crippen molar-refractivity contribution in [1.29, 1.82) is 0 Å². The number of carbonyl (C=O) groups is 1. The third-order valence-electron chi connectivity index (χ3n) is 4.12. The summed E-state index contributed by atoms with van der Waals surface area (Å²) in [6, 6.07) is 21.6. The van der Waals surface area contributed by atoms with Crippen molar-refractivity contribution < 1.29 is 9.53 Å². The number of nitrogens with one attached hydrogen (secondary N) is 2. The van der Waals surface area contributed by atoms with E-state index < -0.39 is 0 Å². The molecule has 0 atom stereocenters. The highest BCUT2D eigenvalue weighted by molar-refractivity contribution is 5.99. The van der Waals surface area contributed by atoms with Gasteiger partial charge in [0.1, 0.15) is 5.75 Å². The Morgan fingerprint density at radius 3 is 2.69 bits per heavy atom. The van der Waals surface area contributed by atoms with Crippen LogP contribution < -0.4 is 10.2 Å². The van der Waals surface area contributed by atoms with Crippen LogP contribution in [0.1, 0.15) is 5.56 Å². The Labute approximate surface area is 150 Å². The van der Waals surface area contributed by atoms with Crippen molar-refractivity contribution >= 4 is 33.8 Å². The van der Waals surface area contributed by atoms with Crippen molar-refractivity contribution in [3.63, 3.8) is 0 Å². The van der Waals surface area contributed by atoms with Crippen LogP contribution in [0.15, 0.2) is 78.0 Å². The molecule has 1 aromatic heterocycles. The lowest BCUT2D eigenvalue weighted by atomic mass is 10.1. The quantitative estimate of drug-likeness (QED) is 0.427. The van der Waals surface area contributed by atoms with Gasteiger partial charge in [0.25, 0.3) is 5.91 Å². The monoisotopic (exact) mass is 343 g/mol. The van der Waals surface area contributed by atoms with Gasteiger partial charge in [0.2, 0.25) is 0 Å². The zero-order valence-electron chi connectivity index (χ0n) is 14.0. The van der Waals surface area contributed by atoms with Gasteiger partial charge >= 0.3 is 0 Å². The number of rotatable bonds is 5. The number of hydrogen-bond donors (Lipinski definition) is 2. The first-order chi connectivity index (χ1) is 12.8. The molecule has 5 heteroatoms. The molecule has 1 heterocycles. The van der Waals surface area contributed by atoms with E-state index in [0.717, 1.165) is 27.2 Å². The van der Waals surface area contributed by atoms with E-state index in [1.54, 1.807) is 6.21 Å². The summed E-state index contributed by atoms with van der Waals surface area (Å²) in [4.78, 5) is 15.1. The van der Waals surface area contributed by atoms with E-state index in [4.69, 9.17) is 4.74 Å². The molecule has 0 aliphatic carbocycles. The number of aromatic amines is 1. The van der Waals surface area contributed by atoms with Crippen LogP contribution in [0.3, 0.4) is 0 Å². The molecule has 0 fully saturated rings. The lowest BCUT2D eigenvalue weighted by Gasteiger charge is -2.08. The highest BCUT2D eigenvalue weighted by Crippen LogP contribution is 2.24. The zero-order chi connectivity index (χ0) is 17.8. The second-order valence-electron chi connectivity index (χ2n) is 5.85. The summed E-state index contributed by atoms with van der Waals surface area (Å²) >= 11 is 0. The molecule has 0 saturated carbocycles. The maximum Gasteiger partial charge on any atom is 0.277 e. The van der Waals surface area contributed by atoms with Crippen molar-refractivity contribution in [3.05, 3.63) is 78.5 Å². The fourth-order valence-corrected chi connectivity index (χ4v) is 2.87. The van der Waals surface area contributed by atoms with Gasteiger partial charge in [0, 0.05) is 28.0 Å². The molecule has 128 valence electrons. The van der Waals surface area contributed by atoms with Crippen molar-refractivity contribution in [3.8, 4) is 5.75 Å². The van der Waals surface area contributed by atoms with E-state index in [9.17, 15) is 4.79 Å². The summed E-state index contributed by atoms with van der Waals surface area (Å²) in [5.41, 5.74) is 4.44. The van der Waals surface area contributed by atoms with Crippen molar-refractivity contribution in [2.45, 2.75) is 0 Å². The number of amides is 1. The van der Waals surface area contributed by atoms with Crippen LogP contribution in [0.5, 0.6) is 5.75 Å². The Kier molecular flexibility index (Phi) is 4.35. The van der Waals surface area contributed by atoms with E-state index in [1.807, 2.05) is 72.9 Å². The maximum atomic E-state index is 12.0. The van der Waals surface area contributed by atoms with Crippen molar-refractivity contribution in [2.24, 2.45) is 5.10 Å². The van der Waals surface area contributed by atoms with Gasteiger partial charge in [-0.1, -0.05) is 54.6 Å². The van der Waals surface area contributed by atoms with E-state index in [2.05, 4.69) is 15.5 Å². The lowest BCUT2D eigenvalue weighted by Crippen LogP contribution is -2.24. The number of H-pyrrole nitrogens is 1. The molecule has 0 saturated heterocycles. The molecule has 1 amide bonds. The second-order valence-corrected chi connectivity index (χ2v) is 5.85. The number of carbonyl (C=O) groups excluding carboxylic acids is 1. The molecule has 0 bridgehead atoms. The van der Waals surface area contributed by atoms with Gasteiger partial charge in [0.15, 0.2) is 6.61 Å². The minimum Gasteiger partial charge on any atom is -0.483 e. The Balaban J connectivity index is 1.38. The minimum absolute atomic E-state index is 0.0980. The molecule has 4 rings (SSSR count). The molecule has 5 nitrogen and oxygen atoms in total. The molecule has 3 aromatic carbocycles. The van der Waals surface area contributed by atoms with Crippen LogP contribution in [0, 0.1) is 0 Å². The largest absolute Gasteiger partial charge is 0.483 e. The molecular weight excluding hydrogens is 326 g/mol. The van der Waals surface area contributed by atoms with Crippen LogP contribution in [0.4, 0.5) is 0 Å². The topological polar surface area (TPSA) is 66.5 Å². The van der Waals surface area contributed by atoms with Crippen molar-refractivity contribution in [2.75, 3.05) is 6.61 Å². The predicted molar refractivity (Wildman–Crippen MR) is 103 cm³/mol. The number of aromatic nitrogens is 1. The predicted octanol–water partition coefficient (Wildman–Crippen LogP) is 3.85. The fourth-order valence-electron chi connectivity index (χ4n) is 2.87. The third-order valence-corrected chi connectivity index (χ3v) is 4.12. The highest BCUT2D eigenvalue weighted by Gasteiger charge is 2.05. The van der Waals surface area contributed by atoms with E-state index in [1.165, 1.54) is 0 Å². The van der Waals surface area contributed by atoms with Gasteiger partial charge in [-0.2, -0.15) is 5.10 Å². The molecule has 4 aromatic rings. The minimum atomic E-state index is -0.311. The fraction of sp³-hybridized carbons (Fsp3) is 0.0476. The summed E-state index contributed by atoms with van der Waals surface area (Å²) in [7, 11) is 0. The van der Waals surface area contributed by atoms with Crippen LogP contribution in [-0.4, -0.2) is 23.7 Å². The summed E-state index contributed by atoms with van der Waals surface area (Å²) < 4.78 is 5.65. The Morgan fingerprint density at radius 1 is 1.00 bits per heavy atom. The lowest BCUT2D eigenvalue weighted by molar-refractivity contribution is -0.123. The van der Waals surface area contributed by atoms with Crippen molar-refractivity contribution in [1.82, 2.24) is 10.4 Å². The molecule has 0 unspecified atom stereocenters. The Morgan fingerprint density at radius 2 is 1.77 bits per heavy atom. The van der Waals surface area contributed by atoms with Gasteiger partial charge in [0.05, 0.1) is 6.21 Å². The van der Waals surface area contributed by atoms with Gasteiger partial charge in [-0.3, -0.25) is 4.79 Å². The number of ether oxygens (including phenoxy) is 1. The van der Waals surface area contributed by atoms with Gasteiger partial charge in [-0.05, 0) is 17.5 Å². The van der Waals surface area contributed by atoms with Crippen LogP contribution in [0.2, 0.25) is 0 Å². The molecule has 0 spiro atoms. The average molecular weight is 343 g/mol. The molecule has 26 heavy (non-hydrogen) atoms. The Bertz CT molecular complexity index is 1090. The number of fused-ring (bicyclic) bond motifs is 2. The van der Waals surface area contributed by atoms with E-state index in [0.29, 0.717) is 5.75 Å². The van der Waals surface area contributed by atoms with Gasteiger partial charge < -0.3 is 9.72 Å². The molecular formula is C21H17N3O2. The number of hydrogen-bond acceptors (Lipinski definition) is 3. The number of hydrazone groups is 1.